The summed E-state index contributed by atoms with van der Waals surface area (Å²) >= 11 is 0. The molecule has 0 unspecified atom stereocenters. The van der Waals surface area contributed by atoms with Crippen molar-refractivity contribution in [2.24, 2.45) is 5.41 Å². The summed E-state index contributed by atoms with van der Waals surface area (Å²) in [7, 11) is 0. The molecule has 4 heteroatoms. The summed E-state index contributed by atoms with van der Waals surface area (Å²) < 4.78 is 0. The lowest BCUT2D eigenvalue weighted by Crippen LogP contribution is -2.36. The second kappa shape index (κ2) is 4.26. The van der Waals surface area contributed by atoms with Gasteiger partial charge in [-0.15, -0.1) is 0 Å². The fourth-order valence-electron chi connectivity index (χ4n) is 1.31. The summed E-state index contributed by atoms with van der Waals surface area (Å²) in [5.41, 5.74) is -1.15. The second-order valence-corrected chi connectivity index (χ2v) is 4.03. The Kier molecular flexibility index (Phi) is 3.86. The maximum atomic E-state index is 10.8. The average Bonchev–Trinajstić information content (AvgIpc) is 1.95. The van der Waals surface area contributed by atoms with Crippen molar-refractivity contribution in [3.8, 4) is 0 Å². The number of carbonyl (C=O) groups is 2. The van der Waals surface area contributed by atoms with E-state index in [0.717, 1.165) is 0 Å². The van der Waals surface area contributed by atoms with Gasteiger partial charge >= 0.3 is 0 Å². The molecule has 0 spiro atoms. The molecule has 0 amide bonds. The van der Waals surface area contributed by atoms with E-state index in [9.17, 15) is 19.8 Å². The normalized spacial score (nSPS) is 13.4. The smallest absolute Gasteiger partial charge is 0.0683 e. The molecule has 0 bridgehead atoms. The quantitative estimate of drug-likeness (QED) is 0.558. The van der Waals surface area contributed by atoms with Crippen LogP contribution in [-0.4, -0.2) is 11.9 Å². The van der Waals surface area contributed by atoms with Crippen LogP contribution in [0.4, 0.5) is 0 Å². The minimum atomic E-state index is -1.45. The number of aliphatic carboxylic acids is 2. The van der Waals surface area contributed by atoms with Crippen molar-refractivity contribution in [1.29, 1.82) is 0 Å². The van der Waals surface area contributed by atoms with Crippen LogP contribution in [0.3, 0.4) is 0 Å². The first-order chi connectivity index (χ1) is 6.21. The van der Waals surface area contributed by atoms with Crippen LogP contribution >= 0.6 is 0 Å². The molecule has 0 radical (unpaired) electrons. The van der Waals surface area contributed by atoms with Gasteiger partial charge in [0.15, 0.2) is 0 Å². The van der Waals surface area contributed by atoms with Gasteiger partial charge < -0.3 is 19.8 Å². The first-order valence-electron chi connectivity index (χ1n) is 4.38. The highest BCUT2D eigenvalue weighted by atomic mass is 16.4. The Labute approximate surface area is 83.2 Å². The number of hydrogen-bond donors (Lipinski definition) is 0. The van der Waals surface area contributed by atoms with E-state index in [4.69, 9.17) is 0 Å². The molecule has 0 saturated heterocycles. The highest BCUT2D eigenvalue weighted by Crippen LogP contribution is 2.28. The van der Waals surface area contributed by atoms with E-state index in [0.29, 0.717) is 0 Å². The maximum absolute atomic E-state index is 10.8. The van der Waals surface area contributed by atoms with Gasteiger partial charge in [-0.05, 0) is 23.0 Å². The van der Waals surface area contributed by atoms with Crippen molar-refractivity contribution in [2.45, 2.75) is 34.1 Å². The second-order valence-electron chi connectivity index (χ2n) is 4.03. The maximum Gasteiger partial charge on any atom is 0.0683 e. The zero-order valence-electron chi connectivity index (χ0n) is 8.84. The van der Waals surface area contributed by atoms with Gasteiger partial charge in [-0.2, -0.15) is 0 Å². The van der Waals surface area contributed by atoms with Crippen LogP contribution in [0.25, 0.3) is 0 Å². The van der Waals surface area contributed by atoms with Crippen molar-refractivity contribution >= 4 is 11.9 Å². The van der Waals surface area contributed by atoms with Gasteiger partial charge in [0, 0.05) is 0 Å². The van der Waals surface area contributed by atoms with E-state index in [2.05, 4.69) is 0 Å². The number of rotatable bonds is 3. The van der Waals surface area contributed by atoms with E-state index in [-0.39, 0.29) is 17.6 Å². The Bertz CT molecular complexity index is 281. The summed E-state index contributed by atoms with van der Waals surface area (Å²) in [6.45, 7) is 6.43. The van der Waals surface area contributed by atoms with Crippen LogP contribution in [0.1, 0.15) is 34.1 Å². The Morgan fingerprint density at radius 2 is 1.50 bits per heavy atom. The van der Waals surface area contributed by atoms with Gasteiger partial charge in [-0.25, -0.2) is 0 Å². The minimum absolute atomic E-state index is 0.114. The lowest BCUT2D eigenvalue weighted by atomic mass is 9.82. The first kappa shape index (κ1) is 12.7. The summed E-state index contributed by atoms with van der Waals surface area (Å²) in [5.74, 6) is -2.89. The molecule has 0 rings (SSSR count). The topological polar surface area (TPSA) is 80.3 Å². The number of carboxylic acid groups (broad SMARTS) is 2. The molecular weight excluding hydrogens is 184 g/mol. The molecular formula is C10H14O4-2. The van der Waals surface area contributed by atoms with Crippen LogP contribution < -0.4 is 10.2 Å². The summed E-state index contributed by atoms with van der Waals surface area (Å²) in [5, 5.41) is 21.5. The third-order valence-electron chi connectivity index (χ3n) is 1.86. The molecule has 80 valence electrons. The van der Waals surface area contributed by atoms with Gasteiger partial charge in [0.05, 0.1) is 11.9 Å². The van der Waals surface area contributed by atoms with E-state index in [1.54, 1.807) is 27.7 Å². The zero-order chi connectivity index (χ0) is 11.5. The molecule has 0 aromatic rings. The lowest BCUT2D eigenvalue weighted by Gasteiger charge is -2.27. The van der Waals surface area contributed by atoms with Gasteiger partial charge in [-0.1, -0.05) is 27.7 Å². The zero-order valence-corrected chi connectivity index (χ0v) is 8.84. The Morgan fingerprint density at radius 1 is 1.07 bits per heavy atom. The molecule has 0 aliphatic rings. The predicted octanol–water partition coefficient (Wildman–Crippen LogP) is -0.761. The van der Waals surface area contributed by atoms with E-state index < -0.39 is 17.4 Å². The standard InChI is InChI=1S/C10H16O4/c1-5-6(8(11)12)7(9(13)14)10(2,3)4/h5H2,1-4H3,(H,11,12)(H,13,14)/p-2/b7-6-. The van der Waals surface area contributed by atoms with Gasteiger partial charge in [0.2, 0.25) is 0 Å². The first-order valence-corrected chi connectivity index (χ1v) is 4.38. The summed E-state index contributed by atoms with van der Waals surface area (Å²) in [6.07, 6.45) is 0.114. The van der Waals surface area contributed by atoms with Crippen LogP contribution in [0.2, 0.25) is 0 Å². The predicted molar refractivity (Wildman–Crippen MR) is 46.8 cm³/mol. The Morgan fingerprint density at radius 3 is 1.57 bits per heavy atom. The highest BCUT2D eigenvalue weighted by Gasteiger charge is 2.21. The largest absolute Gasteiger partial charge is 0.545 e. The molecule has 0 fully saturated rings. The Balaban J connectivity index is 5.57. The molecule has 0 saturated carbocycles. The SMILES string of the molecule is CC/C(C(=O)[O-])=C(\C(=O)[O-])C(C)(C)C. The molecule has 0 aromatic heterocycles. The molecule has 0 atom stereocenters. The van der Waals surface area contributed by atoms with Gasteiger partial charge in [0.1, 0.15) is 0 Å². The highest BCUT2D eigenvalue weighted by molar-refractivity contribution is 5.97. The molecule has 0 aliphatic heterocycles. The lowest BCUT2D eigenvalue weighted by molar-refractivity contribution is -0.305. The van der Waals surface area contributed by atoms with Crippen molar-refractivity contribution in [1.82, 2.24) is 0 Å². The Hall–Kier alpha value is -1.32. The van der Waals surface area contributed by atoms with Gasteiger partial charge in [-0.3, -0.25) is 0 Å². The van der Waals surface area contributed by atoms with Crippen molar-refractivity contribution in [2.75, 3.05) is 0 Å². The molecule has 4 nitrogen and oxygen atoms in total. The number of hydrogen-bond acceptors (Lipinski definition) is 4. The van der Waals surface area contributed by atoms with Crippen LogP contribution in [0.15, 0.2) is 11.1 Å². The van der Waals surface area contributed by atoms with Crippen molar-refractivity contribution in [3.05, 3.63) is 11.1 Å². The van der Waals surface area contributed by atoms with E-state index >= 15 is 0 Å². The van der Waals surface area contributed by atoms with Crippen molar-refractivity contribution < 1.29 is 19.8 Å². The third-order valence-corrected chi connectivity index (χ3v) is 1.86. The van der Waals surface area contributed by atoms with Gasteiger partial charge in [0.25, 0.3) is 0 Å². The molecule has 0 aliphatic carbocycles. The van der Waals surface area contributed by atoms with Crippen LogP contribution in [0, 0.1) is 5.41 Å². The third kappa shape index (κ3) is 2.87. The monoisotopic (exact) mass is 198 g/mol. The van der Waals surface area contributed by atoms with E-state index in [1.807, 2.05) is 0 Å². The fraction of sp³-hybridized carbons (Fsp3) is 0.600. The molecule has 0 N–H and O–H groups in total. The minimum Gasteiger partial charge on any atom is -0.545 e. The number of carbonyl (C=O) groups excluding carboxylic acids is 2. The molecule has 0 aromatic carbocycles. The summed E-state index contributed by atoms with van der Waals surface area (Å²) in [4.78, 5) is 21.5. The van der Waals surface area contributed by atoms with Crippen LogP contribution in [-0.2, 0) is 9.59 Å². The van der Waals surface area contributed by atoms with Crippen molar-refractivity contribution in [3.63, 3.8) is 0 Å². The van der Waals surface area contributed by atoms with E-state index in [1.165, 1.54) is 0 Å². The van der Waals surface area contributed by atoms with Crippen LogP contribution in [0.5, 0.6) is 0 Å². The average molecular weight is 198 g/mol. The molecule has 0 heterocycles. The summed E-state index contributed by atoms with van der Waals surface area (Å²) in [6, 6.07) is 0. The number of carboxylic acids is 2. The fourth-order valence-corrected chi connectivity index (χ4v) is 1.31. The molecule has 14 heavy (non-hydrogen) atoms.